The highest BCUT2D eigenvalue weighted by molar-refractivity contribution is 7.11. The average molecular weight is 225 g/mol. The lowest BCUT2D eigenvalue weighted by molar-refractivity contribution is -0.123. The molecule has 1 aromatic rings. The van der Waals surface area contributed by atoms with Crippen LogP contribution in [0, 0.1) is 6.92 Å². The van der Waals surface area contributed by atoms with Gasteiger partial charge in [-0.1, -0.05) is 0 Å². The van der Waals surface area contributed by atoms with E-state index in [1.165, 1.54) is 0 Å². The first-order chi connectivity index (χ1) is 7.01. The molecule has 5 heteroatoms. The molecule has 15 heavy (non-hydrogen) atoms. The molecule has 1 fully saturated rings. The maximum absolute atomic E-state index is 11.7. The van der Waals surface area contributed by atoms with Crippen LogP contribution >= 0.6 is 11.3 Å². The molecule has 1 saturated carbocycles. The van der Waals surface area contributed by atoms with Crippen LogP contribution in [0.15, 0.2) is 6.20 Å². The number of nitrogens with two attached hydrogens (primary N) is 1. The second-order valence-electron chi connectivity index (χ2n) is 4.16. The maximum atomic E-state index is 11.7. The van der Waals surface area contributed by atoms with Crippen LogP contribution < -0.4 is 11.1 Å². The van der Waals surface area contributed by atoms with Crippen molar-refractivity contribution in [1.82, 2.24) is 10.3 Å². The summed E-state index contributed by atoms with van der Waals surface area (Å²) in [5.74, 6) is -0.0529. The SMILES string of the molecule is Cc1cnc(C(C)NC(=O)C2(N)CC2)s1. The summed E-state index contributed by atoms with van der Waals surface area (Å²) in [5, 5.41) is 3.83. The second-order valence-corrected chi connectivity index (χ2v) is 5.43. The quantitative estimate of drug-likeness (QED) is 0.810. The van der Waals surface area contributed by atoms with Gasteiger partial charge < -0.3 is 11.1 Å². The number of thiazole rings is 1. The number of amides is 1. The van der Waals surface area contributed by atoms with Crippen molar-refractivity contribution >= 4 is 17.2 Å². The minimum Gasteiger partial charge on any atom is -0.346 e. The molecule has 0 aliphatic heterocycles. The number of carbonyl (C=O) groups is 1. The van der Waals surface area contributed by atoms with Crippen LogP contribution in [0.4, 0.5) is 0 Å². The Morgan fingerprint density at radius 3 is 2.87 bits per heavy atom. The van der Waals surface area contributed by atoms with Crippen LogP contribution in [0.25, 0.3) is 0 Å². The van der Waals surface area contributed by atoms with Crippen molar-refractivity contribution in [2.24, 2.45) is 5.73 Å². The van der Waals surface area contributed by atoms with Crippen molar-refractivity contribution in [3.8, 4) is 0 Å². The minimum atomic E-state index is -0.597. The first-order valence-electron chi connectivity index (χ1n) is 5.03. The summed E-state index contributed by atoms with van der Waals surface area (Å²) in [5.41, 5.74) is 5.20. The van der Waals surface area contributed by atoms with Gasteiger partial charge in [0.25, 0.3) is 0 Å². The van der Waals surface area contributed by atoms with Gasteiger partial charge in [0.05, 0.1) is 11.6 Å². The molecule has 1 atom stereocenters. The molecular formula is C10H15N3OS. The lowest BCUT2D eigenvalue weighted by atomic mass is 10.2. The molecule has 0 radical (unpaired) electrons. The molecule has 1 aliphatic rings. The molecule has 2 rings (SSSR count). The first-order valence-corrected chi connectivity index (χ1v) is 5.85. The van der Waals surface area contributed by atoms with Gasteiger partial charge in [-0.05, 0) is 26.7 Å². The number of hydrogen-bond donors (Lipinski definition) is 2. The van der Waals surface area contributed by atoms with Crippen LogP contribution in [0.5, 0.6) is 0 Å². The van der Waals surface area contributed by atoms with E-state index in [1.807, 2.05) is 20.0 Å². The summed E-state index contributed by atoms with van der Waals surface area (Å²) < 4.78 is 0. The zero-order chi connectivity index (χ0) is 11.1. The molecule has 1 unspecified atom stereocenters. The van der Waals surface area contributed by atoms with Gasteiger partial charge in [0, 0.05) is 11.1 Å². The fourth-order valence-electron chi connectivity index (χ4n) is 1.34. The maximum Gasteiger partial charge on any atom is 0.240 e. The molecule has 0 aromatic carbocycles. The zero-order valence-corrected chi connectivity index (χ0v) is 9.73. The molecule has 3 N–H and O–H groups in total. The fraction of sp³-hybridized carbons (Fsp3) is 0.600. The summed E-state index contributed by atoms with van der Waals surface area (Å²) in [7, 11) is 0. The molecule has 1 aromatic heterocycles. The second kappa shape index (κ2) is 3.57. The van der Waals surface area contributed by atoms with Crippen LogP contribution in [0.3, 0.4) is 0 Å². The number of hydrogen-bond acceptors (Lipinski definition) is 4. The molecule has 0 spiro atoms. The Balaban J connectivity index is 1.97. The summed E-state index contributed by atoms with van der Waals surface area (Å²) in [6.07, 6.45) is 3.41. The largest absolute Gasteiger partial charge is 0.346 e. The number of carbonyl (C=O) groups excluding carboxylic acids is 1. The van der Waals surface area contributed by atoms with E-state index < -0.39 is 5.54 Å². The molecule has 1 amide bonds. The van der Waals surface area contributed by atoms with E-state index in [9.17, 15) is 4.79 Å². The molecule has 4 nitrogen and oxygen atoms in total. The molecule has 1 aliphatic carbocycles. The number of nitrogens with one attached hydrogen (secondary N) is 1. The first kappa shape index (κ1) is 10.6. The molecule has 0 bridgehead atoms. The van der Waals surface area contributed by atoms with E-state index in [1.54, 1.807) is 11.3 Å². The highest BCUT2D eigenvalue weighted by atomic mass is 32.1. The summed E-state index contributed by atoms with van der Waals surface area (Å²) in [6.45, 7) is 3.93. The van der Waals surface area contributed by atoms with Gasteiger partial charge in [0.15, 0.2) is 0 Å². The van der Waals surface area contributed by atoms with Gasteiger partial charge in [-0.2, -0.15) is 0 Å². The number of aryl methyl sites for hydroxylation is 1. The van der Waals surface area contributed by atoms with Gasteiger partial charge in [-0.25, -0.2) is 4.98 Å². The van der Waals surface area contributed by atoms with Crippen LogP contribution in [-0.2, 0) is 4.79 Å². The Morgan fingerprint density at radius 2 is 2.40 bits per heavy atom. The summed E-state index contributed by atoms with van der Waals surface area (Å²) in [4.78, 5) is 17.0. The van der Waals surface area contributed by atoms with Crippen LogP contribution in [0.1, 0.15) is 35.7 Å². The molecular weight excluding hydrogens is 210 g/mol. The normalized spacial score (nSPS) is 19.7. The van der Waals surface area contributed by atoms with E-state index in [2.05, 4.69) is 10.3 Å². The van der Waals surface area contributed by atoms with Crippen molar-refractivity contribution in [3.05, 3.63) is 16.1 Å². The highest BCUT2D eigenvalue weighted by Crippen LogP contribution is 2.33. The summed E-state index contributed by atoms with van der Waals surface area (Å²) >= 11 is 1.60. The van der Waals surface area contributed by atoms with E-state index in [0.717, 1.165) is 22.7 Å². The van der Waals surface area contributed by atoms with Crippen molar-refractivity contribution in [2.75, 3.05) is 0 Å². The van der Waals surface area contributed by atoms with Crippen molar-refractivity contribution in [3.63, 3.8) is 0 Å². The van der Waals surface area contributed by atoms with E-state index in [4.69, 9.17) is 5.73 Å². The lowest BCUT2D eigenvalue weighted by Gasteiger charge is -2.14. The number of rotatable bonds is 3. The van der Waals surface area contributed by atoms with Gasteiger partial charge >= 0.3 is 0 Å². The number of nitrogens with zero attached hydrogens (tertiary/aromatic N) is 1. The molecule has 0 saturated heterocycles. The molecule has 1 heterocycles. The third kappa shape index (κ3) is 2.18. The minimum absolute atomic E-state index is 0.0442. The van der Waals surface area contributed by atoms with E-state index >= 15 is 0 Å². The predicted molar refractivity (Wildman–Crippen MR) is 59.6 cm³/mol. The molecule has 82 valence electrons. The van der Waals surface area contributed by atoms with Gasteiger partial charge in [0.2, 0.25) is 5.91 Å². The van der Waals surface area contributed by atoms with E-state index in [0.29, 0.717) is 0 Å². The predicted octanol–water partition coefficient (Wildman–Crippen LogP) is 1.12. The summed E-state index contributed by atoms with van der Waals surface area (Å²) in [6, 6.07) is -0.0442. The number of aromatic nitrogens is 1. The third-order valence-corrected chi connectivity index (χ3v) is 3.69. The standard InChI is InChI=1S/C10H15N3OS/c1-6-5-12-8(15-6)7(2)13-9(14)10(11)3-4-10/h5,7H,3-4,11H2,1-2H3,(H,13,14). The monoisotopic (exact) mass is 225 g/mol. The Bertz CT molecular complexity index is 384. The fourth-order valence-corrected chi connectivity index (χ4v) is 2.11. The zero-order valence-electron chi connectivity index (χ0n) is 8.91. The van der Waals surface area contributed by atoms with Crippen LogP contribution in [0.2, 0.25) is 0 Å². The smallest absolute Gasteiger partial charge is 0.240 e. The average Bonchev–Trinajstić information content (AvgIpc) is 2.77. The Hall–Kier alpha value is -0.940. The Morgan fingerprint density at radius 1 is 1.73 bits per heavy atom. The van der Waals surface area contributed by atoms with Gasteiger partial charge in [-0.3, -0.25) is 4.79 Å². The van der Waals surface area contributed by atoms with E-state index in [-0.39, 0.29) is 11.9 Å². The van der Waals surface area contributed by atoms with Crippen molar-refractivity contribution < 1.29 is 4.79 Å². The highest BCUT2D eigenvalue weighted by Gasteiger charge is 2.46. The van der Waals surface area contributed by atoms with Gasteiger partial charge in [0.1, 0.15) is 5.01 Å². The lowest BCUT2D eigenvalue weighted by Crippen LogP contribution is -2.43. The van der Waals surface area contributed by atoms with Gasteiger partial charge in [-0.15, -0.1) is 11.3 Å². The van der Waals surface area contributed by atoms with Crippen molar-refractivity contribution in [2.45, 2.75) is 38.3 Å². The third-order valence-electron chi connectivity index (χ3n) is 2.60. The van der Waals surface area contributed by atoms with Crippen molar-refractivity contribution in [1.29, 1.82) is 0 Å². The Kier molecular flexibility index (Phi) is 2.52. The Labute approximate surface area is 92.9 Å². The van der Waals surface area contributed by atoms with Crippen LogP contribution in [-0.4, -0.2) is 16.4 Å². The topological polar surface area (TPSA) is 68.0 Å².